The summed E-state index contributed by atoms with van der Waals surface area (Å²) >= 11 is 1.58. The monoisotopic (exact) mass is 483 g/mol. The fourth-order valence-corrected chi connectivity index (χ4v) is 4.24. The van der Waals surface area contributed by atoms with E-state index in [1.807, 2.05) is 47.8 Å². The highest BCUT2D eigenvalue weighted by Gasteiger charge is 2.18. The Morgan fingerprint density at radius 2 is 1.89 bits per heavy atom. The highest BCUT2D eigenvalue weighted by atomic mass is 32.1. The van der Waals surface area contributed by atoms with Crippen molar-refractivity contribution in [1.29, 1.82) is 0 Å². The number of rotatable bonds is 7. The van der Waals surface area contributed by atoms with Crippen LogP contribution < -0.4 is 10.5 Å². The first-order valence-corrected chi connectivity index (χ1v) is 11.7. The molecular weight excluding hydrogens is 462 g/mol. The lowest BCUT2D eigenvalue weighted by Gasteiger charge is -2.13. The Labute approximate surface area is 205 Å². The second kappa shape index (κ2) is 9.82. The summed E-state index contributed by atoms with van der Waals surface area (Å²) in [5.74, 6) is 1.21. The summed E-state index contributed by atoms with van der Waals surface area (Å²) in [7, 11) is 1.35. The largest absolute Gasteiger partial charge is 0.471 e. The van der Waals surface area contributed by atoms with Crippen LogP contribution in [-0.2, 0) is 11.3 Å². The highest BCUT2D eigenvalue weighted by molar-refractivity contribution is 7.13. The minimum absolute atomic E-state index is 0.227. The highest BCUT2D eigenvalue weighted by Crippen LogP contribution is 2.39. The maximum Gasteiger partial charge on any atom is 0.337 e. The van der Waals surface area contributed by atoms with Crippen LogP contribution in [0.4, 0.5) is 5.69 Å². The van der Waals surface area contributed by atoms with Gasteiger partial charge < -0.3 is 19.6 Å². The zero-order valence-electron chi connectivity index (χ0n) is 18.8. The van der Waals surface area contributed by atoms with Gasteiger partial charge in [-0.3, -0.25) is 4.98 Å². The number of thiophene rings is 1. The van der Waals surface area contributed by atoms with E-state index >= 15 is 0 Å². The number of pyridine rings is 2. The molecule has 0 aliphatic heterocycles. The van der Waals surface area contributed by atoms with Crippen LogP contribution in [0.1, 0.15) is 15.9 Å². The quantitative estimate of drug-likeness (QED) is 0.280. The fourth-order valence-electron chi connectivity index (χ4n) is 3.55. The van der Waals surface area contributed by atoms with E-state index in [0.29, 0.717) is 34.2 Å². The van der Waals surface area contributed by atoms with Crippen LogP contribution in [0.2, 0.25) is 0 Å². The normalized spacial score (nSPS) is 10.8. The van der Waals surface area contributed by atoms with Gasteiger partial charge in [0.05, 0.1) is 23.2 Å². The van der Waals surface area contributed by atoms with E-state index in [1.54, 1.807) is 48.0 Å². The summed E-state index contributed by atoms with van der Waals surface area (Å²) in [6.45, 7) is 0.227. The molecule has 4 aromatic heterocycles. The maximum atomic E-state index is 11.7. The first kappa shape index (κ1) is 22.4. The molecule has 0 fully saturated rings. The molecule has 35 heavy (non-hydrogen) atoms. The first-order valence-electron chi connectivity index (χ1n) is 10.8. The number of hydrogen-bond acceptors (Lipinski definition) is 8. The summed E-state index contributed by atoms with van der Waals surface area (Å²) < 4.78 is 16.9. The molecule has 0 unspecified atom stereocenters. The molecule has 0 atom stereocenters. The molecule has 0 saturated carbocycles. The number of aromatic nitrogens is 2. The number of carbonyl (C=O) groups excluding carboxylic acids is 1. The molecule has 174 valence electrons. The minimum atomic E-state index is -0.388. The molecule has 0 aliphatic rings. The predicted octanol–water partition coefficient (Wildman–Crippen LogP) is 6.08. The second-order valence-electron chi connectivity index (χ2n) is 7.63. The lowest BCUT2D eigenvalue weighted by Crippen LogP contribution is -2.04. The van der Waals surface area contributed by atoms with Crippen molar-refractivity contribution in [3.8, 4) is 39.1 Å². The van der Waals surface area contributed by atoms with Gasteiger partial charge in [-0.1, -0.05) is 18.2 Å². The molecule has 0 saturated heterocycles. The molecular formula is C27H21N3O4S. The molecule has 5 rings (SSSR count). The van der Waals surface area contributed by atoms with E-state index in [0.717, 1.165) is 21.7 Å². The van der Waals surface area contributed by atoms with E-state index in [2.05, 4.69) is 9.97 Å². The molecule has 5 aromatic rings. The zero-order chi connectivity index (χ0) is 24.2. The Hall–Kier alpha value is -4.43. The van der Waals surface area contributed by atoms with Crippen LogP contribution in [0.3, 0.4) is 0 Å². The van der Waals surface area contributed by atoms with Crippen LogP contribution in [0.5, 0.6) is 5.88 Å². The van der Waals surface area contributed by atoms with Crippen LogP contribution in [0, 0.1) is 0 Å². The number of methoxy groups -OCH3 is 1. The molecule has 8 heteroatoms. The number of nitrogens with two attached hydrogens (primary N) is 1. The van der Waals surface area contributed by atoms with E-state index in [1.165, 1.54) is 7.11 Å². The average molecular weight is 484 g/mol. The van der Waals surface area contributed by atoms with Gasteiger partial charge in [0, 0.05) is 23.5 Å². The standard InChI is InChI=1S/C27H21N3O4S/c1-32-27(31)18-8-6-17(7-9-18)16-33-26-25(28)20(14-21(30-26)24-5-3-13-35-24)23-11-10-22(34-23)19-4-2-12-29-15-19/h2-15H,16,28H2,1H3. The number of hydrogen-bond donors (Lipinski definition) is 1. The van der Waals surface area contributed by atoms with Gasteiger partial charge in [0.15, 0.2) is 0 Å². The topological polar surface area (TPSA) is 100 Å². The third-order valence-corrected chi connectivity index (χ3v) is 6.26. The van der Waals surface area contributed by atoms with Gasteiger partial charge in [0.25, 0.3) is 0 Å². The van der Waals surface area contributed by atoms with Crippen molar-refractivity contribution in [3.05, 3.63) is 95.6 Å². The lowest BCUT2D eigenvalue weighted by atomic mass is 10.1. The summed E-state index contributed by atoms with van der Waals surface area (Å²) in [4.78, 5) is 21.5. The van der Waals surface area contributed by atoms with Crippen molar-refractivity contribution in [3.63, 3.8) is 0 Å². The molecule has 7 nitrogen and oxygen atoms in total. The number of benzene rings is 1. The smallest absolute Gasteiger partial charge is 0.337 e. The first-order chi connectivity index (χ1) is 17.1. The summed E-state index contributed by atoms with van der Waals surface area (Å²) in [6, 6.07) is 20.4. The van der Waals surface area contributed by atoms with Crippen molar-refractivity contribution in [2.75, 3.05) is 12.8 Å². The van der Waals surface area contributed by atoms with Gasteiger partial charge in [0.1, 0.15) is 23.8 Å². The van der Waals surface area contributed by atoms with Crippen LogP contribution in [0.25, 0.3) is 33.2 Å². The van der Waals surface area contributed by atoms with Crippen LogP contribution >= 0.6 is 11.3 Å². The number of furan rings is 1. The summed E-state index contributed by atoms with van der Waals surface area (Å²) in [5.41, 5.74) is 10.5. The molecule has 0 radical (unpaired) electrons. The van der Waals surface area contributed by atoms with Crippen molar-refractivity contribution in [2.45, 2.75) is 6.61 Å². The molecule has 0 aliphatic carbocycles. The fraction of sp³-hybridized carbons (Fsp3) is 0.0741. The van der Waals surface area contributed by atoms with Crippen LogP contribution in [0.15, 0.2) is 88.9 Å². The van der Waals surface area contributed by atoms with E-state index in [9.17, 15) is 4.79 Å². The van der Waals surface area contributed by atoms with Crippen molar-refractivity contribution < 1.29 is 18.7 Å². The van der Waals surface area contributed by atoms with Crippen LogP contribution in [-0.4, -0.2) is 23.0 Å². The number of ether oxygens (including phenoxy) is 2. The van der Waals surface area contributed by atoms with Gasteiger partial charge in [-0.15, -0.1) is 11.3 Å². The molecule has 0 bridgehead atoms. The molecule has 4 heterocycles. The minimum Gasteiger partial charge on any atom is -0.471 e. The zero-order valence-corrected chi connectivity index (χ0v) is 19.6. The third kappa shape index (κ3) is 4.78. The third-order valence-electron chi connectivity index (χ3n) is 5.37. The Kier molecular flexibility index (Phi) is 6.28. The van der Waals surface area contributed by atoms with Gasteiger partial charge in [-0.25, -0.2) is 9.78 Å². The Bertz CT molecular complexity index is 1450. The molecule has 0 spiro atoms. The lowest BCUT2D eigenvalue weighted by molar-refractivity contribution is 0.0600. The average Bonchev–Trinajstić information content (AvgIpc) is 3.62. The Morgan fingerprint density at radius 1 is 1.06 bits per heavy atom. The number of carbonyl (C=O) groups is 1. The SMILES string of the molecule is COC(=O)c1ccc(COc2nc(-c3cccs3)cc(-c3ccc(-c4cccnc4)o3)c2N)cc1. The van der Waals surface area contributed by atoms with Crippen molar-refractivity contribution >= 4 is 23.0 Å². The number of nitrogen functional groups attached to an aromatic ring is 1. The van der Waals surface area contributed by atoms with Crippen molar-refractivity contribution in [2.24, 2.45) is 0 Å². The number of esters is 1. The summed E-state index contributed by atoms with van der Waals surface area (Å²) in [5, 5.41) is 1.99. The van der Waals surface area contributed by atoms with Gasteiger partial charge in [0.2, 0.25) is 5.88 Å². The maximum absolute atomic E-state index is 11.7. The Balaban J connectivity index is 1.47. The van der Waals surface area contributed by atoms with Gasteiger partial charge >= 0.3 is 5.97 Å². The van der Waals surface area contributed by atoms with E-state index in [4.69, 9.17) is 19.6 Å². The van der Waals surface area contributed by atoms with Crippen molar-refractivity contribution in [1.82, 2.24) is 9.97 Å². The summed E-state index contributed by atoms with van der Waals surface area (Å²) in [6.07, 6.45) is 3.46. The predicted molar refractivity (Wildman–Crippen MR) is 135 cm³/mol. The molecule has 2 N–H and O–H groups in total. The van der Waals surface area contributed by atoms with Gasteiger partial charge in [-0.2, -0.15) is 0 Å². The number of anilines is 1. The second-order valence-corrected chi connectivity index (χ2v) is 8.58. The Morgan fingerprint density at radius 3 is 2.60 bits per heavy atom. The van der Waals surface area contributed by atoms with E-state index in [-0.39, 0.29) is 12.6 Å². The van der Waals surface area contributed by atoms with Gasteiger partial charge in [-0.05, 0) is 59.5 Å². The molecule has 1 aromatic carbocycles. The van der Waals surface area contributed by atoms with E-state index < -0.39 is 0 Å². The number of nitrogens with zero attached hydrogens (tertiary/aromatic N) is 2. The molecule has 0 amide bonds.